The number of carbonyl (C=O) groups excluding carboxylic acids is 1. The summed E-state index contributed by atoms with van der Waals surface area (Å²) in [6.07, 6.45) is -4.23. The molecule has 5 heteroatoms. The number of alkyl halides is 3. The van der Waals surface area contributed by atoms with E-state index in [2.05, 4.69) is 0 Å². The maximum absolute atomic E-state index is 12.3. The molecule has 0 aliphatic rings. The molecule has 17 heavy (non-hydrogen) atoms. The molecular weight excluding hydrogens is 231 g/mol. The highest BCUT2D eigenvalue weighted by Gasteiger charge is 2.30. The fourth-order valence-corrected chi connectivity index (χ4v) is 1.51. The van der Waals surface area contributed by atoms with Crippen LogP contribution in [0.25, 0.3) is 0 Å². The average molecular weight is 245 g/mol. The van der Waals surface area contributed by atoms with Crippen LogP contribution in [0.1, 0.15) is 24.2 Å². The smallest absolute Gasteiger partial charge is 0.363 e. The fraction of sp³-hybridized carbons (Fsp3) is 0.417. The molecule has 0 fully saturated rings. The number of nitrogens with zero attached hydrogens (tertiary/aromatic N) is 1. The minimum Gasteiger partial charge on any atom is -0.363 e. The summed E-state index contributed by atoms with van der Waals surface area (Å²) in [5.41, 5.74) is 0.964. The van der Waals surface area contributed by atoms with Gasteiger partial charge < -0.3 is 4.90 Å². The van der Waals surface area contributed by atoms with E-state index in [1.807, 2.05) is 0 Å². The van der Waals surface area contributed by atoms with Crippen molar-refractivity contribution in [2.45, 2.75) is 20.0 Å². The van der Waals surface area contributed by atoms with E-state index < -0.39 is 12.7 Å². The van der Waals surface area contributed by atoms with Gasteiger partial charge in [-0.3, -0.25) is 4.79 Å². The molecule has 1 aromatic rings. The van der Waals surface area contributed by atoms with Gasteiger partial charge in [0.2, 0.25) is 0 Å². The number of halogens is 3. The van der Waals surface area contributed by atoms with Crippen molar-refractivity contribution in [3.8, 4) is 0 Å². The maximum Gasteiger partial charge on any atom is 0.405 e. The Kier molecular flexibility index (Phi) is 4.15. The third-order valence-electron chi connectivity index (χ3n) is 2.39. The van der Waals surface area contributed by atoms with E-state index in [0.717, 1.165) is 0 Å². The molecule has 0 aliphatic heterocycles. The van der Waals surface area contributed by atoms with Gasteiger partial charge in [0.15, 0.2) is 5.78 Å². The number of carbonyl (C=O) groups is 1. The van der Waals surface area contributed by atoms with Crippen LogP contribution in [0.5, 0.6) is 0 Å². The van der Waals surface area contributed by atoms with Crippen molar-refractivity contribution in [1.82, 2.24) is 0 Å². The summed E-state index contributed by atoms with van der Waals surface area (Å²) in [6, 6.07) is 6.14. The van der Waals surface area contributed by atoms with Gasteiger partial charge in [0.25, 0.3) is 0 Å². The Labute approximate surface area is 98.0 Å². The monoisotopic (exact) mass is 245 g/mol. The normalized spacial score (nSPS) is 11.4. The standard InChI is InChI=1S/C12H14F3NO/c1-3-16(8-12(13,14)15)11-6-4-10(5-7-11)9(2)17/h4-7H,3,8H2,1-2H3. The number of rotatable bonds is 4. The van der Waals surface area contributed by atoms with Gasteiger partial charge in [-0.2, -0.15) is 13.2 Å². The number of anilines is 1. The van der Waals surface area contributed by atoms with Crippen molar-refractivity contribution in [1.29, 1.82) is 0 Å². The molecule has 0 aliphatic carbocycles. The minimum absolute atomic E-state index is 0.101. The summed E-state index contributed by atoms with van der Waals surface area (Å²) in [4.78, 5) is 12.2. The van der Waals surface area contributed by atoms with Crippen molar-refractivity contribution in [2.75, 3.05) is 18.0 Å². The number of hydrogen-bond donors (Lipinski definition) is 0. The molecule has 0 bridgehead atoms. The lowest BCUT2D eigenvalue weighted by atomic mass is 10.1. The molecule has 94 valence electrons. The summed E-state index contributed by atoms with van der Waals surface area (Å²) >= 11 is 0. The van der Waals surface area contributed by atoms with Gasteiger partial charge in [0.05, 0.1) is 0 Å². The summed E-state index contributed by atoms with van der Waals surface area (Å²) in [5.74, 6) is -0.101. The molecular formula is C12H14F3NO. The first-order chi connectivity index (χ1) is 7.83. The highest BCUT2D eigenvalue weighted by molar-refractivity contribution is 5.94. The van der Waals surface area contributed by atoms with Crippen LogP contribution < -0.4 is 4.90 Å². The lowest BCUT2D eigenvalue weighted by molar-refractivity contribution is -0.119. The Bertz CT molecular complexity index is 384. The lowest BCUT2D eigenvalue weighted by Gasteiger charge is -2.24. The number of hydrogen-bond acceptors (Lipinski definition) is 2. The van der Waals surface area contributed by atoms with Crippen molar-refractivity contribution in [3.05, 3.63) is 29.8 Å². The van der Waals surface area contributed by atoms with Gasteiger partial charge in [0, 0.05) is 17.8 Å². The number of benzene rings is 1. The molecule has 1 aromatic carbocycles. The molecule has 0 radical (unpaired) electrons. The predicted molar refractivity (Wildman–Crippen MR) is 60.4 cm³/mol. The second-order valence-electron chi connectivity index (χ2n) is 3.73. The molecule has 0 N–H and O–H groups in total. The molecule has 1 rings (SSSR count). The quantitative estimate of drug-likeness (QED) is 0.759. The largest absolute Gasteiger partial charge is 0.405 e. The van der Waals surface area contributed by atoms with E-state index in [0.29, 0.717) is 11.3 Å². The van der Waals surface area contributed by atoms with Gasteiger partial charge in [-0.25, -0.2) is 0 Å². The van der Waals surface area contributed by atoms with Crippen molar-refractivity contribution in [2.24, 2.45) is 0 Å². The molecule has 0 spiro atoms. The van der Waals surface area contributed by atoms with Gasteiger partial charge >= 0.3 is 6.18 Å². The van der Waals surface area contributed by atoms with Crippen LogP contribution in [0, 0.1) is 0 Å². The molecule has 0 amide bonds. The van der Waals surface area contributed by atoms with E-state index in [1.54, 1.807) is 6.92 Å². The maximum atomic E-state index is 12.3. The zero-order valence-corrected chi connectivity index (χ0v) is 9.71. The zero-order chi connectivity index (χ0) is 13.1. The van der Waals surface area contributed by atoms with Crippen LogP contribution >= 0.6 is 0 Å². The van der Waals surface area contributed by atoms with Crippen molar-refractivity contribution >= 4 is 11.5 Å². The Morgan fingerprint density at radius 3 is 2.12 bits per heavy atom. The van der Waals surface area contributed by atoms with Crippen LogP contribution in [0.4, 0.5) is 18.9 Å². The topological polar surface area (TPSA) is 20.3 Å². The second kappa shape index (κ2) is 5.21. The van der Waals surface area contributed by atoms with Crippen molar-refractivity contribution in [3.63, 3.8) is 0 Å². The summed E-state index contributed by atoms with van der Waals surface area (Å²) in [6.45, 7) is 2.36. The number of Topliss-reactive ketones (excluding diaryl/α,β-unsaturated/α-hetero) is 1. The fourth-order valence-electron chi connectivity index (χ4n) is 1.51. The molecule has 0 atom stereocenters. The van der Waals surface area contributed by atoms with Gasteiger partial charge in [-0.1, -0.05) is 0 Å². The Balaban J connectivity index is 2.86. The summed E-state index contributed by atoms with van der Waals surface area (Å²) < 4.78 is 36.9. The highest BCUT2D eigenvalue weighted by atomic mass is 19.4. The number of ketones is 1. The first-order valence-electron chi connectivity index (χ1n) is 5.26. The summed E-state index contributed by atoms with van der Waals surface area (Å²) in [5, 5.41) is 0. The Morgan fingerprint density at radius 1 is 1.24 bits per heavy atom. The van der Waals surface area contributed by atoms with Gasteiger partial charge in [0.1, 0.15) is 6.54 Å². The molecule has 2 nitrogen and oxygen atoms in total. The lowest BCUT2D eigenvalue weighted by Crippen LogP contribution is -2.34. The van der Waals surface area contributed by atoms with E-state index in [-0.39, 0.29) is 12.3 Å². The molecule has 0 saturated carbocycles. The van der Waals surface area contributed by atoms with Crippen LogP contribution in [-0.4, -0.2) is 25.0 Å². The van der Waals surface area contributed by atoms with Crippen LogP contribution in [0.3, 0.4) is 0 Å². The van der Waals surface area contributed by atoms with E-state index in [4.69, 9.17) is 0 Å². The van der Waals surface area contributed by atoms with Crippen LogP contribution in [-0.2, 0) is 0 Å². The average Bonchev–Trinajstić information content (AvgIpc) is 2.25. The minimum atomic E-state index is -4.23. The third kappa shape index (κ3) is 4.09. The molecule has 0 heterocycles. The van der Waals surface area contributed by atoms with E-state index in [1.165, 1.54) is 36.1 Å². The highest BCUT2D eigenvalue weighted by Crippen LogP contribution is 2.22. The summed E-state index contributed by atoms with van der Waals surface area (Å²) in [7, 11) is 0. The molecule has 0 saturated heterocycles. The predicted octanol–water partition coefficient (Wildman–Crippen LogP) is 3.28. The molecule has 0 aromatic heterocycles. The first-order valence-corrected chi connectivity index (χ1v) is 5.26. The van der Waals surface area contributed by atoms with Gasteiger partial charge in [-0.15, -0.1) is 0 Å². The Hall–Kier alpha value is -1.52. The van der Waals surface area contributed by atoms with Crippen molar-refractivity contribution < 1.29 is 18.0 Å². The third-order valence-corrected chi connectivity index (χ3v) is 2.39. The zero-order valence-electron chi connectivity index (χ0n) is 9.71. The van der Waals surface area contributed by atoms with Crippen LogP contribution in [0.15, 0.2) is 24.3 Å². The van der Waals surface area contributed by atoms with Crippen LogP contribution in [0.2, 0.25) is 0 Å². The Morgan fingerprint density at radius 2 is 1.76 bits per heavy atom. The van der Waals surface area contributed by atoms with E-state index >= 15 is 0 Å². The van der Waals surface area contributed by atoms with Gasteiger partial charge in [-0.05, 0) is 38.1 Å². The molecule has 0 unspecified atom stereocenters. The second-order valence-corrected chi connectivity index (χ2v) is 3.73. The van der Waals surface area contributed by atoms with E-state index in [9.17, 15) is 18.0 Å². The first kappa shape index (κ1) is 13.5. The SMILES string of the molecule is CCN(CC(F)(F)F)c1ccc(C(C)=O)cc1.